The normalized spacial score (nSPS) is 11.8. The Morgan fingerprint density at radius 2 is 2.19 bits per heavy atom. The molecule has 1 aromatic heterocycles. The summed E-state index contributed by atoms with van der Waals surface area (Å²) in [4.78, 5) is 10.7. The van der Waals surface area contributed by atoms with E-state index in [1.165, 1.54) is 0 Å². The molecule has 16 heavy (non-hydrogen) atoms. The van der Waals surface area contributed by atoms with Gasteiger partial charge in [0.1, 0.15) is 0 Å². The molecule has 0 spiro atoms. The van der Waals surface area contributed by atoms with Crippen LogP contribution in [0.3, 0.4) is 0 Å². The highest BCUT2D eigenvalue weighted by atomic mass is 16.4. The van der Waals surface area contributed by atoms with Gasteiger partial charge in [-0.1, -0.05) is 20.8 Å². The van der Waals surface area contributed by atoms with E-state index >= 15 is 0 Å². The van der Waals surface area contributed by atoms with Crippen molar-refractivity contribution in [1.82, 2.24) is 9.78 Å². The quantitative estimate of drug-likeness (QED) is 0.832. The van der Waals surface area contributed by atoms with Crippen molar-refractivity contribution >= 4 is 5.97 Å². The summed E-state index contributed by atoms with van der Waals surface area (Å²) >= 11 is 0. The second kappa shape index (κ2) is 4.68. The number of carboxylic acid groups (broad SMARTS) is 1. The van der Waals surface area contributed by atoms with Crippen molar-refractivity contribution < 1.29 is 9.90 Å². The average molecular weight is 224 g/mol. The van der Waals surface area contributed by atoms with Crippen molar-refractivity contribution in [2.45, 2.75) is 40.0 Å². The Balaban J connectivity index is 2.78. The van der Waals surface area contributed by atoms with Gasteiger partial charge < -0.3 is 5.11 Å². The highest BCUT2D eigenvalue weighted by molar-refractivity contribution is 5.67. The number of carbonyl (C=O) groups is 1. The fourth-order valence-electron chi connectivity index (χ4n) is 1.87. The lowest BCUT2D eigenvalue weighted by Gasteiger charge is -2.21. The van der Waals surface area contributed by atoms with E-state index in [1.54, 1.807) is 0 Å². The summed E-state index contributed by atoms with van der Waals surface area (Å²) in [7, 11) is 1.91. The number of rotatable bonds is 5. The molecule has 4 heteroatoms. The van der Waals surface area contributed by atoms with Crippen LogP contribution in [0.4, 0.5) is 0 Å². The van der Waals surface area contributed by atoms with Crippen molar-refractivity contribution in [3.63, 3.8) is 0 Å². The molecule has 0 radical (unpaired) electrons. The fraction of sp³-hybridized carbons (Fsp3) is 0.667. The summed E-state index contributed by atoms with van der Waals surface area (Å²) in [5.74, 6) is -0.747. The smallest absolute Gasteiger partial charge is 0.303 e. The largest absolute Gasteiger partial charge is 0.481 e. The van der Waals surface area contributed by atoms with E-state index in [4.69, 9.17) is 5.11 Å². The van der Waals surface area contributed by atoms with Crippen molar-refractivity contribution in [2.75, 3.05) is 0 Å². The Hall–Kier alpha value is -1.32. The number of aliphatic carboxylic acids is 1. The molecule has 1 aromatic rings. The molecule has 0 saturated heterocycles. The third-order valence-corrected chi connectivity index (χ3v) is 2.68. The molecule has 1 rings (SSSR count). The summed E-state index contributed by atoms with van der Waals surface area (Å²) in [6.45, 7) is 6.01. The first-order valence-corrected chi connectivity index (χ1v) is 5.57. The minimum absolute atomic E-state index is 0.180. The Morgan fingerprint density at radius 1 is 1.56 bits per heavy atom. The van der Waals surface area contributed by atoms with Crippen LogP contribution in [-0.2, 0) is 24.7 Å². The van der Waals surface area contributed by atoms with E-state index < -0.39 is 5.97 Å². The van der Waals surface area contributed by atoms with Crippen LogP contribution < -0.4 is 0 Å². The Morgan fingerprint density at radius 3 is 2.62 bits per heavy atom. The molecule has 0 aliphatic rings. The maximum atomic E-state index is 10.7. The molecule has 0 aromatic carbocycles. The Kier molecular flexibility index (Phi) is 3.73. The topological polar surface area (TPSA) is 55.1 Å². The van der Waals surface area contributed by atoms with Gasteiger partial charge in [0, 0.05) is 12.7 Å². The standard InChI is InChI=1S/C12H20N2O2/c1-5-9-6-10(14(4)13-9)7-12(2,3)8-11(15)16/h6H,5,7-8H2,1-4H3,(H,15,16). The van der Waals surface area contributed by atoms with Gasteiger partial charge in [0.25, 0.3) is 0 Å². The van der Waals surface area contributed by atoms with E-state index in [1.807, 2.05) is 25.6 Å². The van der Waals surface area contributed by atoms with Gasteiger partial charge in [-0.25, -0.2) is 0 Å². The second-order valence-corrected chi connectivity index (χ2v) is 5.02. The SMILES string of the molecule is CCc1cc(CC(C)(C)CC(=O)O)n(C)n1. The molecule has 1 heterocycles. The van der Waals surface area contributed by atoms with Gasteiger partial charge in [-0.2, -0.15) is 5.10 Å². The molecule has 0 amide bonds. The van der Waals surface area contributed by atoms with Crippen molar-refractivity contribution in [3.05, 3.63) is 17.5 Å². The lowest BCUT2D eigenvalue weighted by Crippen LogP contribution is -2.21. The molecule has 0 aliphatic heterocycles. The molecular formula is C12H20N2O2. The molecule has 90 valence electrons. The van der Waals surface area contributed by atoms with Crippen molar-refractivity contribution in [3.8, 4) is 0 Å². The lowest BCUT2D eigenvalue weighted by atomic mass is 9.84. The predicted octanol–water partition coefficient (Wildman–Crippen LogP) is 2.03. The fourth-order valence-corrected chi connectivity index (χ4v) is 1.87. The maximum absolute atomic E-state index is 10.7. The van der Waals surface area contributed by atoms with Gasteiger partial charge in [0.2, 0.25) is 0 Å². The maximum Gasteiger partial charge on any atom is 0.303 e. The number of hydrogen-bond acceptors (Lipinski definition) is 2. The Bertz CT molecular complexity index is 380. The van der Waals surface area contributed by atoms with E-state index in [9.17, 15) is 4.79 Å². The van der Waals surface area contributed by atoms with Gasteiger partial charge >= 0.3 is 5.97 Å². The van der Waals surface area contributed by atoms with Crippen LogP contribution in [0.25, 0.3) is 0 Å². The van der Waals surface area contributed by atoms with E-state index in [2.05, 4.69) is 18.1 Å². The van der Waals surface area contributed by atoms with E-state index in [0.29, 0.717) is 0 Å². The summed E-state index contributed by atoms with van der Waals surface area (Å²) in [5, 5.41) is 13.2. The second-order valence-electron chi connectivity index (χ2n) is 5.02. The van der Waals surface area contributed by atoms with Gasteiger partial charge in [-0.05, 0) is 24.3 Å². The zero-order valence-corrected chi connectivity index (χ0v) is 10.4. The third kappa shape index (κ3) is 3.36. The van der Waals surface area contributed by atoms with Crippen LogP contribution in [0.2, 0.25) is 0 Å². The third-order valence-electron chi connectivity index (χ3n) is 2.68. The first-order chi connectivity index (χ1) is 7.34. The monoisotopic (exact) mass is 224 g/mol. The predicted molar refractivity (Wildman–Crippen MR) is 62.3 cm³/mol. The van der Waals surface area contributed by atoms with Crippen LogP contribution in [0.1, 0.15) is 38.6 Å². The first kappa shape index (κ1) is 12.7. The molecule has 0 bridgehead atoms. The van der Waals surface area contributed by atoms with Gasteiger partial charge in [0.05, 0.1) is 12.1 Å². The number of aryl methyl sites for hydroxylation is 2. The molecule has 1 N–H and O–H groups in total. The van der Waals surface area contributed by atoms with Crippen LogP contribution in [0.15, 0.2) is 6.07 Å². The number of nitrogens with zero attached hydrogens (tertiary/aromatic N) is 2. The molecule has 0 saturated carbocycles. The Labute approximate surface area is 96.3 Å². The lowest BCUT2D eigenvalue weighted by molar-refractivity contribution is -0.139. The van der Waals surface area contributed by atoms with Crippen molar-refractivity contribution in [2.24, 2.45) is 12.5 Å². The zero-order valence-electron chi connectivity index (χ0n) is 10.4. The summed E-state index contributed by atoms with van der Waals surface area (Å²) < 4.78 is 1.85. The minimum Gasteiger partial charge on any atom is -0.481 e. The number of hydrogen-bond donors (Lipinski definition) is 1. The van der Waals surface area contributed by atoms with Gasteiger partial charge in [-0.3, -0.25) is 9.48 Å². The molecule has 0 atom stereocenters. The van der Waals surface area contributed by atoms with Gasteiger partial charge in [-0.15, -0.1) is 0 Å². The van der Waals surface area contributed by atoms with Crippen LogP contribution in [0, 0.1) is 5.41 Å². The molecule has 0 unspecified atom stereocenters. The van der Waals surface area contributed by atoms with Crippen LogP contribution in [-0.4, -0.2) is 20.9 Å². The first-order valence-electron chi connectivity index (χ1n) is 5.57. The number of carboxylic acids is 1. The van der Waals surface area contributed by atoms with E-state index in [0.717, 1.165) is 24.2 Å². The molecule has 0 fully saturated rings. The average Bonchev–Trinajstić information content (AvgIpc) is 2.44. The van der Waals surface area contributed by atoms with Crippen LogP contribution in [0.5, 0.6) is 0 Å². The molecule has 0 aliphatic carbocycles. The summed E-state index contributed by atoms with van der Waals surface area (Å²) in [6.07, 6.45) is 1.83. The van der Waals surface area contributed by atoms with Crippen LogP contribution >= 0.6 is 0 Å². The number of aromatic nitrogens is 2. The zero-order chi connectivity index (χ0) is 12.3. The molecule has 4 nitrogen and oxygen atoms in total. The van der Waals surface area contributed by atoms with E-state index in [-0.39, 0.29) is 11.8 Å². The molecular weight excluding hydrogens is 204 g/mol. The summed E-state index contributed by atoms with van der Waals surface area (Å²) in [6, 6.07) is 2.06. The van der Waals surface area contributed by atoms with Crippen molar-refractivity contribution in [1.29, 1.82) is 0 Å². The minimum atomic E-state index is -0.747. The highest BCUT2D eigenvalue weighted by Crippen LogP contribution is 2.26. The highest BCUT2D eigenvalue weighted by Gasteiger charge is 2.23. The van der Waals surface area contributed by atoms with Gasteiger partial charge in [0.15, 0.2) is 0 Å². The summed E-state index contributed by atoms with van der Waals surface area (Å²) in [5.41, 5.74) is 1.93.